The van der Waals surface area contributed by atoms with Gasteiger partial charge in [-0.1, -0.05) is 36.4 Å². The van der Waals surface area contributed by atoms with E-state index in [1.54, 1.807) is 19.1 Å². The molecule has 0 bridgehead atoms. The molecule has 4 heteroatoms. The van der Waals surface area contributed by atoms with E-state index in [0.717, 1.165) is 16.7 Å². The molecule has 3 nitrogen and oxygen atoms in total. The Hall–Kier alpha value is -2.20. The SMILES string of the molecule is CCOC(=O)C(N)Cc1ccccc1-c1ccc(F)cc1. The number of carbonyl (C=O) groups excluding carboxylic acids is 1. The van der Waals surface area contributed by atoms with Crippen molar-refractivity contribution in [2.45, 2.75) is 19.4 Å². The van der Waals surface area contributed by atoms with Crippen LogP contribution in [0.1, 0.15) is 12.5 Å². The summed E-state index contributed by atoms with van der Waals surface area (Å²) in [7, 11) is 0. The molecule has 2 aromatic rings. The molecule has 0 saturated heterocycles. The highest BCUT2D eigenvalue weighted by atomic mass is 19.1. The third-order valence-electron chi connectivity index (χ3n) is 3.20. The van der Waals surface area contributed by atoms with Gasteiger partial charge in [0.05, 0.1) is 6.61 Å². The summed E-state index contributed by atoms with van der Waals surface area (Å²) >= 11 is 0. The van der Waals surface area contributed by atoms with E-state index in [1.165, 1.54) is 12.1 Å². The average Bonchev–Trinajstić information content (AvgIpc) is 2.49. The van der Waals surface area contributed by atoms with Crippen LogP contribution in [0.25, 0.3) is 11.1 Å². The van der Waals surface area contributed by atoms with Gasteiger partial charge in [0.1, 0.15) is 11.9 Å². The van der Waals surface area contributed by atoms with Gasteiger partial charge in [0.2, 0.25) is 0 Å². The Bertz CT molecular complexity index is 610. The highest BCUT2D eigenvalue weighted by molar-refractivity contribution is 5.77. The predicted molar refractivity (Wildman–Crippen MR) is 80.1 cm³/mol. The summed E-state index contributed by atoms with van der Waals surface area (Å²) in [5.74, 6) is -0.689. The van der Waals surface area contributed by atoms with Crippen molar-refractivity contribution in [3.63, 3.8) is 0 Å². The van der Waals surface area contributed by atoms with Crippen LogP contribution in [0.4, 0.5) is 4.39 Å². The summed E-state index contributed by atoms with van der Waals surface area (Å²) in [5, 5.41) is 0. The van der Waals surface area contributed by atoms with Crippen molar-refractivity contribution in [2.75, 3.05) is 6.61 Å². The summed E-state index contributed by atoms with van der Waals surface area (Å²) in [6.45, 7) is 2.06. The molecular weight excluding hydrogens is 269 g/mol. The van der Waals surface area contributed by atoms with Gasteiger partial charge in [0, 0.05) is 0 Å². The quantitative estimate of drug-likeness (QED) is 0.860. The van der Waals surface area contributed by atoms with E-state index in [0.29, 0.717) is 13.0 Å². The molecule has 0 aliphatic rings. The minimum absolute atomic E-state index is 0.278. The van der Waals surface area contributed by atoms with E-state index >= 15 is 0 Å². The van der Waals surface area contributed by atoms with Crippen LogP contribution in [0.2, 0.25) is 0 Å². The van der Waals surface area contributed by atoms with Crippen molar-refractivity contribution in [3.8, 4) is 11.1 Å². The Labute approximate surface area is 123 Å². The van der Waals surface area contributed by atoms with Crippen LogP contribution in [0.15, 0.2) is 48.5 Å². The van der Waals surface area contributed by atoms with Crippen molar-refractivity contribution in [1.29, 1.82) is 0 Å². The second-order valence-electron chi connectivity index (χ2n) is 4.73. The number of nitrogens with two attached hydrogens (primary N) is 1. The fourth-order valence-corrected chi connectivity index (χ4v) is 2.18. The highest BCUT2D eigenvalue weighted by Crippen LogP contribution is 2.24. The molecule has 0 spiro atoms. The molecule has 0 aromatic heterocycles. The average molecular weight is 287 g/mol. The van der Waals surface area contributed by atoms with Gasteiger partial charge >= 0.3 is 5.97 Å². The van der Waals surface area contributed by atoms with Gasteiger partial charge in [-0.15, -0.1) is 0 Å². The van der Waals surface area contributed by atoms with Crippen molar-refractivity contribution >= 4 is 5.97 Å². The van der Waals surface area contributed by atoms with Crippen LogP contribution in [0.3, 0.4) is 0 Å². The molecule has 21 heavy (non-hydrogen) atoms. The molecule has 2 N–H and O–H groups in total. The lowest BCUT2D eigenvalue weighted by Gasteiger charge is -2.14. The van der Waals surface area contributed by atoms with Gasteiger partial charge in [-0.2, -0.15) is 0 Å². The Kier molecular flexibility index (Phi) is 5.06. The third-order valence-corrected chi connectivity index (χ3v) is 3.20. The summed E-state index contributed by atoms with van der Waals surface area (Å²) in [6, 6.07) is 13.2. The first-order valence-corrected chi connectivity index (χ1v) is 6.88. The third kappa shape index (κ3) is 3.89. The molecule has 0 radical (unpaired) electrons. The lowest BCUT2D eigenvalue weighted by Crippen LogP contribution is -2.34. The van der Waals surface area contributed by atoms with Gasteiger partial charge in [-0.25, -0.2) is 4.39 Å². The lowest BCUT2D eigenvalue weighted by atomic mass is 9.95. The molecule has 110 valence electrons. The van der Waals surface area contributed by atoms with E-state index in [9.17, 15) is 9.18 Å². The van der Waals surface area contributed by atoms with E-state index in [1.807, 2.05) is 24.3 Å². The zero-order chi connectivity index (χ0) is 15.2. The summed E-state index contributed by atoms with van der Waals surface area (Å²) < 4.78 is 17.9. The standard InChI is InChI=1S/C17H18FNO2/c1-2-21-17(20)16(19)11-13-5-3-4-6-15(13)12-7-9-14(18)10-8-12/h3-10,16H,2,11,19H2,1H3. The number of hydrogen-bond donors (Lipinski definition) is 1. The number of carbonyl (C=O) groups is 1. The predicted octanol–water partition coefficient (Wildman–Crippen LogP) is 2.93. The van der Waals surface area contributed by atoms with E-state index in [-0.39, 0.29) is 5.82 Å². The van der Waals surface area contributed by atoms with Gasteiger partial charge in [-0.05, 0) is 42.2 Å². The van der Waals surface area contributed by atoms with Crippen LogP contribution in [-0.2, 0) is 16.0 Å². The van der Waals surface area contributed by atoms with Crippen LogP contribution in [-0.4, -0.2) is 18.6 Å². The number of hydrogen-bond acceptors (Lipinski definition) is 3. The van der Waals surface area contributed by atoms with Crippen LogP contribution in [0.5, 0.6) is 0 Å². The highest BCUT2D eigenvalue weighted by Gasteiger charge is 2.17. The van der Waals surface area contributed by atoms with Gasteiger partial charge in [-0.3, -0.25) is 4.79 Å². The number of ether oxygens (including phenoxy) is 1. The Morgan fingerprint density at radius 3 is 2.52 bits per heavy atom. The van der Waals surface area contributed by atoms with Crippen molar-refractivity contribution in [3.05, 3.63) is 59.9 Å². The first-order chi connectivity index (χ1) is 10.1. The Morgan fingerprint density at radius 2 is 1.86 bits per heavy atom. The maximum Gasteiger partial charge on any atom is 0.323 e. The molecule has 0 saturated carbocycles. The van der Waals surface area contributed by atoms with Crippen LogP contribution < -0.4 is 5.73 Å². The molecule has 0 aliphatic carbocycles. The maximum absolute atomic E-state index is 13.0. The zero-order valence-corrected chi connectivity index (χ0v) is 11.9. The molecule has 0 heterocycles. The first-order valence-electron chi connectivity index (χ1n) is 6.88. The number of esters is 1. The van der Waals surface area contributed by atoms with Crippen LogP contribution in [0, 0.1) is 5.82 Å². The summed E-state index contributed by atoms with van der Waals surface area (Å²) in [5.41, 5.74) is 8.64. The number of halogens is 1. The van der Waals surface area contributed by atoms with Crippen LogP contribution >= 0.6 is 0 Å². The number of benzene rings is 2. The topological polar surface area (TPSA) is 52.3 Å². The minimum Gasteiger partial charge on any atom is -0.465 e. The van der Waals surface area contributed by atoms with Crippen molar-refractivity contribution in [2.24, 2.45) is 5.73 Å². The largest absolute Gasteiger partial charge is 0.465 e. The van der Waals surface area contributed by atoms with Crippen molar-refractivity contribution < 1.29 is 13.9 Å². The fourth-order valence-electron chi connectivity index (χ4n) is 2.18. The molecule has 1 unspecified atom stereocenters. The van der Waals surface area contributed by atoms with E-state index in [4.69, 9.17) is 10.5 Å². The Morgan fingerprint density at radius 1 is 1.19 bits per heavy atom. The minimum atomic E-state index is -0.702. The molecule has 0 amide bonds. The second-order valence-corrected chi connectivity index (χ2v) is 4.73. The molecule has 2 aromatic carbocycles. The molecule has 0 aliphatic heterocycles. The summed E-state index contributed by atoms with van der Waals surface area (Å²) in [4.78, 5) is 11.6. The number of rotatable bonds is 5. The molecular formula is C17H18FNO2. The van der Waals surface area contributed by atoms with Gasteiger partial charge in [0.15, 0.2) is 0 Å². The normalized spacial score (nSPS) is 12.0. The maximum atomic E-state index is 13.0. The smallest absolute Gasteiger partial charge is 0.323 e. The zero-order valence-electron chi connectivity index (χ0n) is 11.9. The molecule has 2 rings (SSSR count). The van der Waals surface area contributed by atoms with Crippen molar-refractivity contribution in [1.82, 2.24) is 0 Å². The van der Waals surface area contributed by atoms with Gasteiger partial charge in [0.25, 0.3) is 0 Å². The lowest BCUT2D eigenvalue weighted by molar-refractivity contribution is -0.144. The Balaban J connectivity index is 2.25. The first kappa shape index (κ1) is 15.2. The summed E-state index contributed by atoms with van der Waals surface area (Å²) in [6.07, 6.45) is 0.381. The fraction of sp³-hybridized carbons (Fsp3) is 0.235. The monoisotopic (exact) mass is 287 g/mol. The van der Waals surface area contributed by atoms with E-state index in [2.05, 4.69) is 0 Å². The van der Waals surface area contributed by atoms with Gasteiger partial charge < -0.3 is 10.5 Å². The molecule has 0 fully saturated rings. The molecule has 1 atom stereocenters. The van der Waals surface area contributed by atoms with E-state index < -0.39 is 12.0 Å². The second kappa shape index (κ2) is 6.99.